The minimum Gasteiger partial charge on any atom is -0.463 e. The molecule has 0 saturated carbocycles. The fourth-order valence-corrected chi connectivity index (χ4v) is 3.05. The standard InChI is InChI=1S/C18H28N4O8/c1-19-12-8-9-22(18(27)20-12)17-16(26)15(25)11(30-17)10-29-14(24)7-5-3-2-4-6-13(23)21-28/h8-9,11,15-17,25-26,28H,2-7,10H2,1H3,(H,21,23)(H,19,20,27). The smallest absolute Gasteiger partial charge is 0.351 e. The highest BCUT2D eigenvalue weighted by Gasteiger charge is 2.44. The van der Waals surface area contributed by atoms with Crippen LogP contribution in [0.2, 0.25) is 0 Å². The number of carbonyl (C=O) groups is 2. The summed E-state index contributed by atoms with van der Waals surface area (Å²) in [5.41, 5.74) is 0.898. The molecule has 12 heteroatoms. The van der Waals surface area contributed by atoms with Crippen LogP contribution in [0, 0.1) is 0 Å². The third-order valence-electron chi connectivity index (χ3n) is 4.77. The lowest BCUT2D eigenvalue weighted by Crippen LogP contribution is -2.36. The zero-order chi connectivity index (χ0) is 22.1. The van der Waals surface area contributed by atoms with Crippen LogP contribution in [0.15, 0.2) is 17.1 Å². The molecule has 4 atom stereocenters. The van der Waals surface area contributed by atoms with E-state index in [1.54, 1.807) is 12.5 Å². The van der Waals surface area contributed by atoms with E-state index in [4.69, 9.17) is 14.7 Å². The molecule has 30 heavy (non-hydrogen) atoms. The number of nitrogens with zero attached hydrogens (tertiary/aromatic N) is 2. The number of hydroxylamine groups is 1. The van der Waals surface area contributed by atoms with Crippen molar-refractivity contribution in [2.45, 2.75) is 63.1 Å². The van der Waals surface area contributed by atoms with E-state index < -0.39 is 42.1 Å². The molecule has 4 unspecified atom stereocenters. The Hall–Kier alpha value is -2.54. The second-order valence-corrected chi connectivity index (χ2v) is 6.93. The van der Waals surface area contributed by atoms with Crippen LogP contribution in [-0.2, 0) is 19.1 Å². The fraction of sp³-hybridized carbons (Fsp3) is 0.667. The molecule has 1 saturated heterocycles. The first-order valence-electron chi connectivity index (χ1n) is 9.74. The number of ether oxygens (including phenoxy) is 2. The summed E-state index contributed by atoms with van der Waals surface area (Å²) in [6.07, 6.45) is -0.462. The molecule has 5 N–H and O–H groups in total. The van der Waals surface area contributed by atoms with E-state index in [2.05, 4.69) is 10.3 Å². The van der Waals surface area contributed by atoms with Gasteiger partial charge in [-0.25, -0.2) is 10.3 Å². The molecular formula is C18H28N4O8. The minimum absolute atomic E-state index is 0.163. The molecule has 1 aromatic heterocycles. The average Bonchev–Trinajstić information content (AvgIpc) is 3.02. The van der Waals surface area contributed by atoms with Crippen molar-refractivity contribution in [1.29, 1.82) is 0 Å². The highest BCUT2D eigenvalue weighted by Crippen LogP contribution is 2.28. The molecule has 12 nitrogen and oxygen atoms in total. The second-order valence-electron chi connectivity index (χ2n) is 6.93. The zero-order valence-corrected chi connectivity index (χ0v) is 16.7. The topological polar surface area (TPSA) is 172 Å². The van der Waals surface area contributed by atoms with Gasteiger partial charge in [-0.05, 0) is 18.9 Å². The van der Waals surface area contributed by atoms with Gasteiger partial charge in [0.1, 0.15) is 30.7 Å². The van der Waals surface area contributed by atoms with Crippen LogP contribution in [0.4, 0.5) is 5.82 Å². The van der Waals surface area contributed by atoms with Crippen molar-refractivity contribution in [3.63, 3.8) is 0 Å². The lowest BCUT2D eigenvalue weighted by molar-refractivity contribution is -0.150. The second kappa shape index (κ2) is 11.6. The van der Waals surface area contributed by atoms with Gasteiger partial charge in [0.15, 0.2) is 6.23 Å². The Morgan fingerprint density at radius 2 is 1.90 bits per heavy atom. The molecule has 0 radical (unpaired) electrons. The zero-order valence-electron chi connectivity index (χ0n) is 16.7. The number of carbonyl (C=O) groups excluding carboxylic acids is 2. The number of esters is 1. The Morgan fingerprint density at radius 3 is 2.53 bits per heavy atom. The predicted molar refractivity (Wildman–Crippen MR) is 103 cm³/mol. The van der Waals surface area contributed by atoms with E-state index in [1.165, 1.54) is 12.3 Å². The molecule has 0 aliphatic carbocycles. The molecule has 2 rings (SSSR count). The summed E-state index contributed by atoms with van der Waals surface area (Å²) in [5, 5.41) is 31.5. The third kappa shape index (κ3) is 6.49. The highest BCUT2D eigenvalue weighted by atomic mass is 16.6. The summed E-state index contributed by atoms with van der Waals surface area (Å²) in [6.45, 7) is -0.263. The largest absolute Gasteiger partial charge is 0.463 e. The van der Waals surface area contributed by atoms with Crippen molar-refractivity contribution in [3.05, 3.63) is 22.7 Å². The lowest BCUT2D eigenvalue weighted by Gasteiger charge is -2.17. The minimum atomic E-state index is -1.38. The number of rotatable bonds is 11. The number of aliphatic hydroxyl groups excluding tert-OH is 2. The SMILES string of the molecule is CNc1ccn(C2OC(COC(=O)CCCCCCC(=O)NO)C(O)C2O)c(=O)n1. The molecule has 1 aromatic rings. The third-order valence-corrected chi connectivity index (χ3v) is 4.77. The van der Waals surface area contributed by atoms with E-state index in [0.29, 0.717) is 18.7 Å². The van der Waals surface area contributed by atoms with E-state index in [-0.39, 0.29) is 19.4 Å². The van der Waals surface area contributed by atoms with Crippen LogP contribution >= 0.6 is 0 Å². The van der Waals surface area contributed by atoms with Crippen LogP contribution in [-0.4, -0.2) is 68.8 Å². The first-order valence-corrected chi connectivity index (χ1v) is 9.74. The van der Waals surface area contributed by atoms with Crippen molar-refractivity contribution in [2.24, 2.45) is 0 Å². The molecule has 0 aromatic carbocycles. The Morgan fingerprint density at radius 1 is 1.20 bits per heavy atom. The summed E-state index contributed by atoms with van der Waals surface area (Å²) >= 11 is 0. The molecule has 0 bridgehead atoms. The lowest BCUT2D eigenvalue weighted by atomic mass is 10.1. The predicted octanol–water partition coefficient (Wildman–Crippen LogP) is -0.707. The maximum atomic E-state index is 12.1. The van der Waals surface area contributed by atoms with Crippen molar-refractivity contribution in [3.8, 4) is 0 Å². The summed E-state index contributed by atoms with van der Waals surface area (Å²) in [7, 11) is 1.61. The number of anilines is 1. The summed E-state index contributed by atoms with van der Waals surface area (Å²) in [4.78, 5) is 38.6. The highest BCUT2D eigenvalue weighted by molar-refractivity contribution is 5.74. The van der Waals surface area contributed by atoms with E-state index in [0.717, 1.165) is 17.4 Å². The number of amides is 1. The number of hydrogen-bond acceptors (Lipinski definition) is 10. The number of aliphatic hydroxyl groups is 2. The van der Waals surface area contributed by atoms with Gasteiger partial charge in [0.2, 0.25) is 5.91 Å². The van der Waals surface area contributed by atoms with Crippen LogP contribution < -0.4 is 16.5 Å². The molecule has 1 amide bonds. The number of aromatic nitrogens is 2. The van der Waals surface area contributed by atoms with Gasteiger partial charge >= 0.3 is 11.7 Å². The fourth-order valence-electron chi connectivity index (χ4n) is 3.05. The first kappa shape index (κ1) is 23.7. The first-order chi connectivity index (χ1) is 14.4. The van der Waals surface area contributed by atoms with E-state index in [1.807, 2.05) is 0 Å². The van der Waals surface area contributed by atoms with E-state index >= 15 is 0 Å². The monoisotopic (exact) mass is 428 g/mol. The average molecular weight is 428 g/mol. The van der Waals surface area contributed by atoms with Gasteiger partial charge in [-0.1, -0.05) is 12.8 Å². The maximum absolute atomic E-state index is 12.1. The van der Waals surface area contributed by atoms with Crippen LogP contribution in [0.5, 0.6) is 0 Å². The molecule has 2 heterocycles. The van der Waals surface area contributed by atoms with Gasteiger partial charge in [0.25, 0.3) is 0 Å². The van der Waals surface area contributed by atoms with Crippen molar-refractivity contribution in [2.75, 3.05) is 19.0 Å². The number of nitrogens with one attached hydrogen (secondary N) is 2. The van der Waals surface area contributed by atoms with Crippen molar-refractivity contribution < 1.29 is 34.5 Å². The Kier molecular flexibility index (Phi) is 9.17. The number of unbranched alkanes of at least 4 members (excludes halogenated alkanes) is 3. The Bertz CT molecular complexity index is 771. The van der Waals surface area contributed by atoms with Gasteiger partial charge in [-0.15, -0.1) is 0 Å². The summed E-state index contributed by atoms with van der Waals surface area (Å²) < 4.78 is 11.7. The molecule has 168 valence electrons. The van der Waals surface area contributed by atoms with Crippen molar-refractivity contribution in [1.82, 2.24) is 15.0 Å². The Balaban J connectivity index is 1.75. The Labute approximate surface area is 172 Å². The molecule has 0 spiro atoms. The van der Waals surface area contributed by atoms with Gasteiger partial charge in [-0.2, -0.15) is 4.98 Å². The van der Waals surface area contributed by atoms with Gasteiger partial charge < -0.3 is 25.0 Å². The van der Waals surface area contributed by atoms with Crippen LogP contribution in [0.1, 0.15) is 44.8 Å². The van der Waals surface area contributed by atoms with Crippen LogP contribution in [0.3, 0.4) is 0 Å². The molecule has 1 aliphatic rings. The molecule has 1 fully saturated rings. The maximum Gasteiger partial charge on any atom is 0.351 e. The van der Waals surface area contributed by atoms with E-state index in [9.17, 15) is 24.6 Å². The normalized spacial score (nSPS) is 23.2. The summed E-state index contributed by atoms with van der Waals surface area (Å²) in [5.74, 6) is -0.568. The van der Waals surface area contributed by atoms with Gasteiger partial charge in [0, 0.05) is 26.1 Å². The quantitative estimate of drug-likeness (QED) is 0.131. The molecule has 1 aliphatic heterocycles. The summed E-state index contributed by atoms with van der Waals surface area (Å²) in [6, 6.07) is 1.52. The van der Waals surface area contributed by atoms with Crippen LogP contribution in [0.25, 0.3) is 0 Å². The van der Waals surface area contributed by atoms with Gasteiger partial charge in [0.05, 0.1) is 0 Å². The number of hydrogen-bond donors (Lipinski definition) is 5. The molecular weight excluding hydrogens is 400 g/mol. The van der Waals surface area contributed by atoms with Gasteiger partial charge in [-0.3, -0.25) is 19.4 Å². The van der Waals surface area contributed by atoms with Crippen molar-refractivity contribution >= 4 is 17.7 Å².